The summed E-state index contributed by atoms with van der Waals surface area (Å²) in [6.07, 6.45) is 0.974. The second-order valence-corrected chi connectivity index (χ2v) is 4.26. The molecule has 86 valence electrons. The molecule has 0 aromatic carbocycles. The van der Waals surface area contributed by atoms with Crippen LogP contribution >= 0.6 is 0 Å². The Morgan fingerprint density at radius 1 is 1.21 bits per heavy atom. The predicted octanol–water partition coefficient (Wildman–Crippen LogP) is 1.06. The minimum absolute atomic E-state index is 0.0832. The van der Waals surface area contributed by atoms with E-state index < -0.39 is 0 Å². The van der Waals surface area contributed by atoms with Crippen molar-refractivity contribution in [3.8, 4) is 0 Å². The standard InChI is InChI=1S/C11H26N2O/c1-5-13(6-2)11(8-14)10(12)7-9(3)4/h9-11,14H,5-8,12H2,1-4H3. The van der Waals surface area contributed by atoms with Crippen molar-refractivity contribution in [2.75, 3.05) is 19.7 Å². The summed E-state index contributed by atoms with van der Waals surface area (Å²) >= 11 is 0. The van der Waals surface area contributed by atoms with E-state index in [9.17, 15) is 5.11 Å². The number of hydrogen-bond acceptors (Lipinski definition) is 3. The van der Waals surface area contributed by atoms with Crippen LogP contribution in [0.5, 0.6) is 0 Å². The van der Waals surface area contributed by atoms with Crippen molar-refractivity contribution in [3.05, 3.63) is 0 Å². The van der Waals surface area contributed by atoms with Crippen LogP contribution in [0.15, 0.2) is 0 Å². The van der Waals surface area contributed by atoms with Gasteiger partial charge in [-0.15, -0.1) is 0 Å². The molecule has 0 amide bonds. The van der Waals surface area contributed by atoms with E-state index in [1.54, 1.807) is 0 Å². The molecule has 0 heterocycles. The number of aliphatic hydroxyl groups is 1. The third-order valence-electron chi connectivity index (χ3n) is 2.71. The van der Waals surface area contributed by atoms with Gasteiger partial charge in [-0.1, -0.05) is 27.7 Å². The zero-order valence-corrected chi connectivity index (χ0v) is 10.0. The van der Waals surface area contributed by atoms with Crippen LogP contribution in [0.25, 0.3) is 0 Å². The van der Waals surface area contributed by atoms with Crippen LogP contribution in [0.1, 0.15) is 34.1 Å². The highest BCUT2D eigenvalue weighted by molar-refractivity contribution is 4.81. The van der Waals surface area contributed by atoms with E-state index in [-0.39, 0.29) is 18.7 Å². The highest BCUT2D eigenvalue weighted by atomic mass is 16.3. The molecule has 0 aromatic rings. The van der Waals surface area contributed by atoms with Gasteiger partial charge in [-0.3, -0.25) is 4.90 Å². The van der Waals surface area contributed by atoms with E-state index in [0.29, 0.717) is 5.92 Å². The molecule has 0 radical (unpaired) electrons. The van der Waals surface area contributed by atoms with Crippen molar-refractivity contribution in [3.63, 3.8) is 0 Å². The van der Waals surface area contributed by atoms with Gasteiger partial charge in [-0.25, -0.2) is 0 Å². The van der Waals surface area contributed by atoms with E-state index >= 15 is 0 Å². The maximum atomic E-state index is 9.32. The normalized spacial score (nSPS) is 16.3. The molecule has 0 spiro atoms. The summed E-state index contributed by atoms with van der Waals surface area (Å²) in [6.45, 7) is 10.6. The van der Waals surface area contributed by atoms with Gasteiger partial charge in [-0.05, 0) is 25.4 Å². The molecule has 3 nitrogen and oxygen atoms in total. The number of nitrogens with zero attached hydrogens (tertiary/aromatic N) is 1. The van der Waals surface area contributed by atoms with E-state index in [1.165, 1.54) is 0 Å². The van der Waals surface area contributed by atoms with Crippen LogP contribution in [0.2, 0.25) is 0 Å². The average molecular weight is 202 g/mol. The second-order valence-electron chi connectivity index (χ2n) is 4.26. The van der Waals surface area contributed by atoms with Crippen LogP contribution in [-0.4, -0.2) is 41.8 Å². The maximum Gasteiger partial charge on any atom is 0.0601 e. The first kappa shape index (κ1) is 13.9. The number of hydrogen-bond donors (Lipinski definition) is 2. The summed E-state index contributed by atoms with van der Waals surface area (Å²) in [5, 5.41) is 9.32. The van der Waals surface area contributed by atoms with Crippen molar-refractivity contribution in [2.45, 2.75) is 46.2 Å². The topological polar surface area (TPSA) is 49.5 Å². The molecule has 3 N–H and O–H groups in total. The lowest BCUT2D eigenvalue weighted by molar-refractivity contribution is 0.107. The minimum atomic E-state index is 0.0832. The lowest BCUT2D eigenvalue weighted by Crippen LogP contribution is -2.50. The predicted molar refractivity (Wildman–Crippen MR) is 61.2 cm³/mol. The van der Waals surface area contributed by atoms with Crippen molar-refractivity contribution < 1.29 is 5.11 Å². The molecular weight excluding hydrogens is 176 g/mol. The largest absolute Gasteiger partial charge is 0.395 e. The monoisotopic (exact) mass is 202 g/mol. The molecule has 0 aliphatic carbocycles. The van der Waals surface area contributed by atoms with E-state index in [0.717, 1.165) is 19.5 Å². The number of aliphatic hydroxyl groups excluding tert-OH is 1. The third kappa shape index (κ3) is 4.40. The van der Waals surface area contributed by atoms with Crippen LogP contribution in [-0.2, 0) is 0 Å². The van der Waals surface area contributed by atoms with Gasteiger partial charge in [0.25, 0.3) is 0 Å². The van der Waals surface area contributed by atoms with Gasteiger partial charge in [0.2, 0.25) is 0 Å². The zero-order chi connectivity index (χ0) is 11.1. The fourth-order valence-electron chi connectivity index (χ4n) is 1.92. The Bertz CT molecular complexity index is 135. The van der Waals surface area contributed by atoms with Crippen molar-refractivity contribution in [1.29, 1.82) is 0 Å². The molecule has 0 aliphatic heterocycles. The Morgan fingerprint density at radius 2 is 1.71 bits per heavy atom. The van der Waals surface area contributed by atoms with Gasteiger partial charge in [0.1, 0.15) is 0 Å². The van der Waals surface area contributed by atoms with E-state index in [2.05, 4.69) is 32.6 Å². The van der Waals surface area contributed by atoms with E-state index in [1.807, 2.05) is 0 Å². The molecule has 2 unspecified atom stereocenters. The first-order chi connectivity index (χ1) is 6.56. The molecule has 0 bridgehead atoms. The second kappa shape index (κ2) is 7.21. The molecule has 0 fully saturated rings. The van der Waals surface area contributed by atoms with Gasteiger partial charge < -0.3 is 10.8 Å². The third-order valence-corrected chi connectivity index (χ3v) is 2.71. The SMILES string of the molecule is CCN(CC)C(CO)C(N)CC(C)C. The quantitative estimate of drug-likeness (QED) is 0.649. The molecule has 3 heteroatoms. The summed E-state index contributed by atoms with van der Waals surface area (Å²) in [5.74, 6) is 0.592. The lowest BCUT2D eigenvalue weighted by atomic mass is 9.97. The molecule has 0 saturated heterocycles. The fourth-order valence-corrected chi connectivity index (χ4v) is 1.92. The highest BCUT2D eigenvalue weighted by Crippen LogP contribution is 2.10. The lowest BCUT2D eigenvalue weighted by Gasteiger charge is -2.33. The molecular formula is C11H26N2O. The van der Waals surface area contributed by atoms with Crippen LogP contribution in [0, 0.1) is 5.92 Å². The van der Waals surface area contributed by atoms with Crippen molar-refractivity contribution in [2.24, 2.45) is 11.7 Å². The van der Waals surface area contributed by atoms with E-state index in [4.69, 9.17) is 5.73 Å². The molecule has 0 aromatic heterocycles. The number of rotatable bonds is 7. The molecule has 14 heavy (non-hydrogen) atoms. The number of nitrogens with two attached hydrogens (primary N) is 1. The van der Waals surface area contributed by atoms with Crippen LogP contribution in [0.4, 0.5) is 0 Å². The molecule has 0 aliphatic rings. The fraction of sp³-hybridized carbons (Fsp3) is 1.00. The maximum absolute atomic E-state index is 9.32. The summed E-state index contributed by atoms with van der Waals surface area (Å²) in [5.41, 5.74) is 6.08. The summed E-state index contributed by atoms with van der Waals surface area (Å²) in [6, 6.07) is 0.201. The summed E-state index contributed by atoms with van der Waals surface area (Å²) < 4.78 is 0. The van der Waals surface area contributed by atoms with Gasteiger partial charge >= 0.3 is 0 Å². The Morgan fingerprint density at radius 3 is 2.00 bits per heavy atom. The Hall–Kier alpha value is -0.120. The van der Waals surface area contributed by atoms with Gasteiger partial charge in [0.05, 0.1) is 6.61 Å². The Kier molecular flexibility index (Phi) is 7.15. The smallest absolute Gasteiger partial charge is 0.0601 e. The Labute approximate surface area is 88.3 Å². The van der Waals surface area contributed by atoms with Gasteiger partial charge in [-0.2, -0.15) is 0 Å². The Balaban J connectivity index is 4.22. The molecule has 0 saturated carbocycles. The first-order valence-corrected chi connectivity index (χ1v) is 5.67. The minimum Gasteiger partial charge on any atom is -0.395 e. The van der Waals surface area contributed by atoms with Crippen molar-refractivity contribution >= 4 is 0 Å². The zero-order valence-electron chi connectivity index (χ0n) is 10.0. The summed E-state index contributed by atoms with van der Waals surface area (Å²) in [7, 11) is 0. The average Bonchev–Trinajstić information content (AvgIpc) is 2.12. The van der Waals surface area contributed by atoms with Crippen LogP contribution < -0.4 is 5.73 Å². The molecule has 2 atom stereocenters. The summed E-state index contributed by atoms with van der Waals surface area (Å²) in [4.78, 5) is 2.23. The molecule has 0 rings (SSSR count). The number of likely N-dealkylation sites (N-methyl/N-ethyl adjacent to an activating group) is 1. The van der Waals surface area contributed by atoms with Gasteiger partial charge in [0.15, 0.2) is 0 Å². The van der Waals surface area contributed by atoms with Crippen molar-refractivity contribution in [1.82, 2.24) is 4.90 Å². The van der Waals surface area contributed by atoms with Crippen LogP contribution in [0.3, 0.4) is 0 Å². The van der Waals surface area contributed by atoms with Gasteiger partial charge in [0, 0.05) is 12.1 Å². The highest BCUT2D eigenvalue weighted by Gasteiger charge is 2.22. The first-order valence-electron chi connectivity index (χ1n) is 5.67.